The molecular formula is C53H77F6NP2Si2. The number of alkyl halides is 6. The maximum atomic E-state index is 16.0. The predicted octanol–water partition coefficient (Wildman–Crippen LogP) is 17.4. The lowest BCUT2D eigenvalue weighted by molar-refractivity contribution is -0.137. The summed E-state index contributed by atoms with van der Waals surface area (Å²) in [6.07, 6.45) is 3.77. The van der Waals surface area contributed by atoms with Crippen molar-refractivity contribution in [3.05, 3.63) is 102 Å². The first kappa shape index (κ1) is 54.2. The first-order valence-electron chi connectivity index (χ1n) is 24.5. The molecule has 0 fully saturated rings. The first-order valence-corrected chi connectivity index (χ1v) is 32.9. The topological polar surface area (TPSA) is 3.24 Å². The van der Waals surface area contributed by atoms with Crippen LogP contribution in [0.15, 0.2) is 91.0 Å². The van der Waals surface area contributed by atoms with Crippen LogP contribution in [0.1, 0.15) is 144 Å². The monoisotopic (exact) mass is 959 g/mol. The van der Waals surface area contributed by atoms with Crippen molar-refractivity contribution in [3.8, 4) is 11.1 Å². The van der Waals surface area contributed by atoms with Gasteiger partial charge >= 0.3 is 12.4 Å². The van der Waals surface area contributed by atoms with Crippen LogP contribution in [0.5, 0.6) is 0 Å². The van der Waals surface area contributed by atoms with E-state index in [1.165, 1.54) is 28.6 Å². The van der Waals surface area contributed by atoms with Gasteiger partial charge in [-0.3, -0.25) is 0 Å². The van der Waals surface area contributed by atoms with Gasteiger partial charge in [0.2, 0.25) is 0 Å². The zero-order valence-corrected chi connectivity index (χ0v) is 44.0. The number of unbranched alkanes of at least 4 members (excludes halogenated alkanes) is 6. The highest BCUT2D eigenvalue weighted by atomic mass is 32.1. The van der Waals surface area contributed by atoms with E-state index in [2.05, 4.69) is 76.5 Å². The van der Waals surface area contributed by atoms with Crippen molar-refractivity contribution in [3.63, 3.8) is 0 Å². The zero-order chi connectivity index (χ0) is 47.0. The number of rotatable bonds is 27. The molecule has 0 spiro atoms. The summed E-state index contributed by atoms with van der Waals surface area (Å²) in [6.45, 7) is 17.2. The molecule has 0 radical (unpaired) electrons. The van der Waals surface area contributed by atoms with E-state index in [-0.39, 0.29) is 22.2 Å². The summed E-state index contributed by atoms with van der Waals surface area (Å²) in [6, 6.07) is 33.4. The third-order valence-electron chi connectivity index (χ3n) is 13.3. The highest BCUT2D eigenvalue weighted by molar-refractivity contribution is 8.28. The fourth-order valence-electron chi connectivity index (χ4n) is 9.78. The lowest BCUT2D eigenvalue weighted by Crippen LogP contribution is -2.47. The molecular weight excluding hydrogens is 883 g/mol. The Labute approximate surface area is 388 Å². The Morgan fingerprint density at radius 2 is 0.984 bits per heavy atom. The van der Waals surface area contributed by atoms with Crippen LogP contribution in [0.3, 0.4) is 0 Å². The maximum Gasteiger partial charge on any atom is 0.417 e. The van der Waals surface area contributed by atoms with Gasteiger partial charge in [0.15, 0.2) is 0 Å². The van der Waals surface area contributed by atoms with Crippen LogP contribution >= 0.6 is 16.0 Å². The van der Waals surface area contributed by atoms with E-state index < -0.39 is 55.7 Å². The zero-order valence-electron chi connectivity index (χ0n) is 40.1. The minimum Gasteiger partial charge on any atom is -0.341 e. The van der Waals surface area contributed by atoms with Crippen molar-refractivity contribution >= 4 is 58.8 Å². The van der Waals surface area contributed by atoms with Gasteiger partial charge in [0.05, 0.1) is 35.0 Å². The summed E-state index contributed by atoms with van der Waals surface area (Å²) in [5.74, 6) is 0. The Bertz CT molecular complexity index is 1960. The van der Waals surface area contributed by atoms with Crippen molar-refractivity contribution in [1.29, 1.82) is 0 Å². The molecule has 64 heavy (non-hydrogen) atoms. The Hall–Kier alpha value is -2.45. The lowest BCUT2D eigenvalue weighted by atomic mass is 9.99. The number of anilines is 1. The summed E-state index contributed by atoms with van der Waals surface area (Å²) >= 11 is 0. The fraction of sp³-hybridized carbons (Fsp3) is 0.547. The van der Waals surface area contributed by atoms with Crippen LogP contribution in [-0.2, 0) is 12.4 Å². The molecule has 4 rings (SSSR count). The van der Waals surface area contributed by atoms with Crippen LogP contribution in [0, 0.1) is 0 Å². The Morgan fingerprint density at radius 1 is 0.531 bits per heavy atom. The minimum absolute atomic E-state index is 0.0595. The molecule has 2 unspecified atom stereocenters. The van der Waals surface area contributed by atoms with Gasteiger partial charge < -0.3 is 4.67 Å². The van der Waals surface area contributed by atoms with Crippen LogP contribution < -0.4 is 25.7 Å². The molecule has 4 aromatic carbocycles. The van der Waals surface area contributed by atoms with Crippen molar-refractivity contribution in [2.24, 2.45) is 0 Å². The highest BCUT2D eigenvalue weighted by Crippen LogP contribution is 2.61. The number of benzene rings is 4. The first-order chi connectivity index (χ1) is 30.6. The maximum absolute atomic E-state index is 16.0. The van der Waals surface area contributed by atoms with Crippen molar-refractivity contribution in [2.45, 2.75) is 187 Å². The van der Waals surface area contributed by atoms with E-state index in [9.17, 15) is 0 Å². The second-order valence-corrected chi connectivity index (χ2v) is 31.9. The summed E-state index contributed by atoms with van der Waals surface area (Å²) in [5, 5.41) is 2.67. The minimum atomic E-state index is -4.74. The molecule has 1 nitrogen and oxygen atoms in total. The van der Waals surface area contributed by atoms with Crippen LogP contribution in [0.2, 0.25) is 36.3 Å². The standard InChI is InChI=1S/C53H77F6NP2Si2/c1-9-15-34-63(35-16-10-2,36-17-11-3)45-28-23-26-43(40-45)47-30-25-32-49(51(47)53(57,58)59)61-62(50-33-22-21-31-48(50)52(54,55)56)60(42(7)8)44-27-24-29-46(41-44)64(37-18-12-4,38-19-13-5)39-20-14-6/h21-33,40-42,61H,9-20,34-39H2,1-8H3. The Balaban J connectivity index is 2.01. The number of hydrogen-bond donors (Lipinski definition) is 0. The fourth-order valence-corrected chi connectivity index (χ4v) is 27.3. The average Bonchev–Trinajstić information content (AvgIpc) is 3.28. The molecule has 354 valence electrons. The van der Waals surface area contributed by atoms with Gasteiger partial charge in [0, 0.05) is 17.0 Å². The van der Waals surface area contributed by atoms with Gasteiger partial charge in [0.25, 0.3) is 0 Å². The summed E-state index contributed by atoms with van der Waals surface area (Å²) < 4.78 is 95.3. The molecule has 0 bridgehead atoms. The van der Waals surface area contributed by atoms with Gasteiger partial charge in [-0.1, -0.05) is 238 Å². The predicted molar refractivity (Wildman–Crippen MR) is 276 cm³/mol. The number of nitrogens with zero attached hydrogens (tertiary/aromatic N) is 1. The molecule has 0 aliphatic heterocycles. The second-order valence-electron chi connectivity index (χ2n) is 18.4. The SMILES string of the molecule is CCCC[Si](CCCC)(CCCC)c1cccc(-c2cccc(PP(c3ccccc3C(F)(F)F)N(c3cccc([Si](CCCC)(CCCC)CCCC)c3)C(C)C)c2C(F)(F)F)c1. The van der Waals surface area contributed by atoms with Crippen LogP contribution in [0.25, 0.3) is 11.1 Å². The quantitative estimate of drug-likeness (QED) is 0.0327. The Morgan fingerprint density at radius 3 is 1.44 bits per heavy atom. The van der Waals surface area contributed by atoms with Gasteiger partial charge in [-0.2, -0.15) is 26.3 Å². The highest BCUT2D eigenvalue weighted by Gasteiger charge is 2.42. The summed E-state index contributed by atoms with van der Waals surface area (Å²) in [7, 11) is -6.68. The molecule has 0 saturated heterocycles. The second kappa shape index (κ2) is 25.6. The van der Waals surface area contributed by atoms with Crippen molar-refractivity contribution in [1.82, 2.24) is 0 Å². The molecule has 0 aromatic heterocycles. The Kier molecular flexibility index (Phi) is 21.7. The molecule has 0 N–H and O–H groups in total. The molecule has 0 saturated carbocycles. The largest absolute Gasteiger partial charge is 0.417 e. The number of halogens is 6. The smallest absolute Gasteiger partial charge is 0.341 e. The van der Waals surface area contributed by atoms with Gasteiger partial charge in [-0.05, 0) is 56.7 Å². The molecule has 0 heterocycles. The normalized spacial score (nSPS) is 13.4. The van der Waals surface area contributed by atoms with E-state index in [1.807, 2.05) is 26.0 Å². The van der Waals surface area contributed by atoms with Gasteiger partial charge in [0.1, 0.15) is 0 Å². The summed E-state index contributed by atoms with van der Waals surface area (Å²) in [4.78, 5) is 0. The number of hydrogen-bond acceptors (Lipinski definition) is 1. The third-order valence-corrected chi connectivity index (χ3v) is 29.8. The molecule has 0 aliphatic rings. The molecule has 11 heteroatoms. The van der Waals surface area contributed by atoms with Crippen molar-refractivity contribution in [2.75, 3.05) is 4.67 Å². The van der Waals surface area contributed by atoms with Gasteiger partial charge in [-0.25, -0.2) is 0 Å². The lowest BCUT2D eigenvalue weighted by Gasteiger charge is -2.40. The van der Waals surface area contributed by atoms with Gasteiger partial charge in [-0.15, -0.1) is 0 Å². The van der Waals surface area contributed by atoms with E-state index in [0.717, 1.165) is 125 Å². The van der Waals surface area contributed by atoms with Crippen molar-refractivity contribution < 1.29 is 26.3 Å². The average molecular weight is 960 g/mol. The van der Waals surface area contributed by atoms with Crippen LogP contribution in [-0.4, -0.2) is 22.2 Å². The molecule has 0 amide bonds. The van der Waals surface area contributed by atoms with E-state index in [0.29, 0.717) is 5.56 Å². The summed E-state index contributed by atoms with van der Waals surface area (Å²) in [5.41, 5.74) is -0.0569. The third kappa shape index (κ3) is 14.0. The molecule has 0 aliphatic carbocycles. The van der Waals surface area contributed by atoms with E-state index >= 15 is 26.3 Å². The van der Waals surface area contributed by atoms with E-state index in [1.54, 1.807) is 24.3 Å². The van der Waals surface area contributed by atoms with E-state index in [4.69, 9.17) is 0 Å². The molecule has 4 aromatic rings. The molecule has 2 atom stereocenters. The van der Waals surface area contributed by atoms with Crippen LogP contribution in [0.4, 0.5) is 32.0 Å².